The molecule has 96 valence electrons. The van der Waals surface area contributed by atoms with Gasteiger partial charge in [-0.05, 0) is 19.8 Å². The van der Waals surface area contributed by atoms with Crippen molar-refractivity contribution >= 4 is 10.0 Å². The highest BCUT2D eigenvalue weighted by atomic mass is 32.2. The molecule has 2 rings (SSSR count). The SMILES string of the molecule is Cc1ncc(S(=O)(=O)NC2CCCCCC2)[nH]1. The topological polar surface area (TPSA) is 74.8 Å². The monoisotopic (exact) mass is 257 g/mol. The molecule has 0 aromatic carbocycles. The zero-order valence-corrected chi connectivity index (χ0v) is 10.9. The van der Waals surface area contributed by atoms with Crippen molar-refractivity contribution in [1.82, 2.24) is 14.7 Å². The smallest absolute Gasteiger partial charge is 0.257 e. The summed E-state index contributed by atoms with van der Waals surface area (Å²) in [6, 6.07) is 0.0751. The van der Waals surface area contributed by atoms with E-state index in [4.69, 9.17) is 0 Å². The summed E-state index contributed by atoms with van der Waals surface area (Å²) in [5.74, 6) is 0.617. The molecule has 0 bridgehead atoms. The molecule has 6 heteroatoms. The van der Waals surface area contributed by atoms with Gasteiger partial charge < -0.3 is 4.98 Å². The van der Waals surface area contributed by atoms with Gasteiger partial charge in [-0.1, -0.05) is 25.7 Å². The molecule has 2 N–H and O–H groups in total. The van der Waals surface area contributed by atoms with E-state index in [1.165, 1.54) is 19.0 Å². The number of hydrogen-bond donors (Lipinski definition) is 2. The van der Waals surface area contributed by atoms with Crippen molar-refractivity contribution < 1.29 is 8.42 Å². The highest BCUT2D eigenvalue weighted by Gasteiger charge is 2.22. The van der Waals surface area contributed by atoms with Crippen LogP contribution in [-0.4, -0.2) is 24.4 Å². The number of nitrogens with one attached hydrogen (secondary N) is 2. The van der Waals surface area contributed by atoms with Gasteiger partial charge in [-0.15, -0.1) is 0 Å². The molecular weight excluding hydrogens is 238 g/mol. The molecule has 1 aromatic rings. The highest BCUT2D eigenvalue weighted by Crippen LogP contribution is 2.19. The van der Waals surface area contributed by atoms with Gasteiger partial charge in [0, 0.05) is 6.04 Å². The summed E-state index contributed by atoms with van der Waals surface area (Å²) in [5.41, 5.74) is 0. The molecule has 0 amide bonds. The summed E-state index contributed by atoms with van der Waals surface area (Å²) < 4.78 is 26.9. The van der Waals surface area contributed by atoms with E-state index in [1.54, 1.807) is 6.92 Å². The van der Waals surface area contributed by atoms with Gasteiger partial charge in [0.25, 0.3) is 10.0 Å². The minimum atomic E-state index is -3.42. The van der Waals surface area contributed by atoms with Crippen LogP contribution in [0.1, 0.15) is 44.3 Å². The number of aromatic amines is 1. The number of nitrogens with zero attached hydrogens (tertiary/aromatic N) is 1. The summed E-state index contributed by atoms with van der Waals surface area (Å²) in [6.07, 6.45) is 7.88. The number of imidazole rings is 1. The van der Waals surface area contributed by atoms with Gasteiger partial charge in [0.1, 0.15) is 5.82 Å². The van der Waals surface area contributed by atoms with Crippen molar-refractivity contribution in [2.24, 2.45) is 0 Å². The molecule has 1 aliphatic rings. The highest BCUT2D eigenvalue weighted by molar-refractivity contribution is 7.89. The summed E-state index contributed by atoms with van der Waals surface area (Å²) in [4.78, 5) is 6.68. The minimum Gasteiger partial charge on any atom is -0.332 e. The molecule has 1 fully saturated rings. The Balaban J connectivity index is 2.06. The summed E-state index contributed by atoms with van der Waals surface area (Å²) in [5, 5.41) is 0.166. The number of rotatable bonds is 3. The Morgan fingerprint density at radius 3 is 2.47 bits per heavy atom. The largest absolute Gasteiger partial charge is 0.332 e. The number of sulfonamides is 1. The molecule has 0 aliphatic heterocycles. The quantitative estimate of drug-likeness (QED) is 0.810. The Hall–Kier alpha value is -0.880. The standard InChI is InChI=1S/C11H19N3O2S/c1-9-12-8-11(13-9)17(15,16)14-10-6-4-2-3-5-7-10/h8,10,14H,2-7H2,1H3,(H,12,13). The third-order valence-corrected chi connectivity index (χ3v) is 4.58. The van der Waals surface area contributed by atoms with Gasteiger partial charge in [-0.25, -0.2) is 18.1 Å². The van der Waals surface area contributed by atoms with Crippen molar-refractivity contribution in [3.63, 3.8) is 0 Å². The minimum absolute atomic E-state index is 0.0751. The van der Waals surface area contributed by atoms with E-state index < -0.39 is 10.0 Å². The Morgan fingerprint density at radius 2 is 1.94 bits per heavy atom. The summed E-state index contributed by atoms with van der Waals surface area (Å²) in [7, 11) is -3.42. The van der Waals surface area contributed by atoms with Gasteiger partial charge in [0.15, 0.2) is 5.03 Å². The van der Waals surface area contributed by atoms with Crippen molar-refractivity contribution in [3.8, 4) is 0 Å². The van der Waals surface area contributed by atoms with Crippen LogP contribution in [0.5, 0.6) is 0 Å². The molecule has 0 atom stereocenters. The molecule has 5 nitrogen and oxygen atoms in total. The lowest BCUT2D eigenvalue weighted by molar-refractivity contribution is 0.508. The lowest BCUT2D eigenvalue weighted by atomic mass is 10.1. The van der Waals surface area contributed by atoms with E-state index in [1.807, 2.05) is 0 Å². The van der Waals surface area contributed by atoms with Crippen LogP contribution in [-0.2, 0) is 10.0 Å². The molecule has 1 aliphatic carbocycles. The van der Waals surface area contributed by atoms with E-state index in [0.29, 0.717) is 5.82 Å². The number of hydrogen-bond acceptors (Lipinski definition) is 3. The maximum Gasteiger partial charge on any atom is 0.257 e. The third-order valence-electron chi connectivity index (χ3n) is 3.15. The third kappa shape index (κ3) is 3.29. The van der Waals surface area contributed by atoms with Gasteiger partial charge in [0.2, 0.25) is 0 Å². The van der Waals surface area contributed by atoms with Crippen LogP contribution in [0, 0.1) is 6.92 Å². The Morgan fingerprint density at radius 1 is 1.29 bits per heavy atom. The molecule has 0 saturated heterocycles. The van der Waals surface area contributed by atoms with E-state index in [9.17, 15) is 8.42 Å². The average molecular weight is 257 g/mol. The van der Waals surface area contributed by atoms with Gasteiger partial charge in [-0.3, -0.25) is 0 Å². The Bertz CT molecular complexity index is 459. The maximum atomic E-state index is 12.0. The van der Waals surface area contributed by atoms with Crippen LogP contribution in [0.25, 0.3) is 0 Å². The van der Waals surface area contributed by atoms with Crippen molar-refractivity contribution in [1.29, 1.82) is 0 Å². The lowest BCUT2D eigenvalue weighted by Crippen LogP contribution is -2.34. The first-order valence-corrected chi connectivity index (χ1v) is 7.60. The zero-order chi connectivity index (χ0) is 12.3. The van der Waals surface area contributed by atoms with Crippen LogP contribution in [0.4, 0.5) is 0 Å². The van der Waals surface area contributed by atoms with Crippen molar-refractivity contribution in [2.75, 3.05) is 0 Å². The molecule has 1 aromatic heterocycles. The van der Waals surface area contributed by atoms with Gasteiger partial charge in [0.05, 0.1) is 6.20 Å². The molecule has 0 unspecified atom stereocenters. The fourth-order valence-corrected chi connectivity index (χ4v) is 3.49. The lowest BCUT2D eigenvalue weighted by Gasteiger charge is -2.15. The number of aromatic nitrogens is 2. The fraction of sp³-hybridized carbons (Fsp3) is 0.727. The molecule has 0 spiro atoms. The van der Waals surface area contributed by atoms with Gasteiger partial charge >= 0.3 is 0 Å². The Kier molecular flexibility index (Phi) is 3.83. The normalized spacial score (nSPS) is 19.1. The molecule has 1 heterocycles. The molecule has 0 radical (unpaired) electrons. The van der Waals surface area contributed by atoms with E-state index in [2.05, 4.69) is 14.7 Å². The maximum absolute atomic E-state index is 12.0. The second kappa shape index (κ2) is 5.18. The average Bonchev–Trinajstić information content (AvgIpc) is 2.55. The van der Waals surface area contributed by atoms with Crippen molar-refractivity contribution in [3.05, 3.63) is 12.0 Å². The number of aryl methyl sites for hydroxylation is 1. The molecular formula is C11H19N3O2S. The number of H-pyrrole nitrogens is 1. The van der Waals surface area contributed by atoms with Crippen LogP contribution in [0.2, 0.25) is 0 Å². The molecule has 17 heavy (non-hydrogen) atoms. The van der Waals surface area contributed by atoms with Crippen LogP contribution < -0.4 is 4.72 Å². The Labute approximate surface area is 102 Å². The first-order valence-electron chi connectivity index (χ1n) is 6.12. The summed E-state index contributed by atoms with van der Waals surface area (Å²) in [6.45, 7) is 1.74. The van der Waals surface area contributed by atoms with Crippen LogP contribution >= 0.6 is 0 Å². The predicted molar refractivity (Wildman–Crippen MR) is 65.1 cm³/mol. The fourth-order valence-electron chi connectivity index (χ4n) is 2.21. The first-order chi connectivity index (χ1) is 8.08. The van der Waals surface area contributed by atoms with E-state index >= 15 is 0 Å². The zero-order valence-electron chi connectivity index (χ0n) is 10.1. The van der Waals surface area contributed by atoms with E-state index in [-0.39, 0.29) is 11.1 Å². The van der Waals surface area contributed by atoms with E-state index in [0.717, 1.165) is 25.7 Å². The van der Waals surface area contributed by atoms with Crippen molar-refractivity contribution in [2.45, 2.75) is 56.5 Å². The predicted octanol–water partition coefficient (Wildman–Crippen LogP) is 1.72. The second-order valence-corrected chi connectivity index (χ2v) is 6.33. The van der Waals surface area contributed by atoms with Crippen LogP contribution in [0.15, 0.2) is 11.2 Å². The van der Waals surface area contributed by atoms with Gasteiger partial charge in [-0.2, -0.15) is 0 Å². The second-order valence-electron chi connectivity index (χ2n) is 4.64. The van der Waals surface area contributed by atoms with Crippen LogP contribution in [0.3, 0.4) is 0 Å². The first kappa shape index (κ1) is 12.6. The summed E-state index contributed by atoms with van der Waals surface area (Å²) >= 11 is 0. The molecule has 1 saturated carbocycles.